The van der Waals surface area contributed by atoms with Gasteiger partial charge in [-0.2, -0.15) is 5.10 Å². The van der Waals surface area contributed by atoms with Crippen molar-refractivity contribution in [3.63, 3.8) is 0 Å². The zero-order valence-corrected chi connectivity index (χ0v) is 9.59. The Morgan fingerprint density at radius 3 is 2.53 bits per heavy atom. The van der Waals surface area contributed by atoms with Crippen LogP contribution >= 0.6 is 15.9 Å². The van der Waals surface area contributed by atoms with E-state index in [9.17, 15) is 20.2 Å². The molecule has 0 atom stereocenters. The van der Waals surface area contributed by atoms with Crippen LogP contribution in [0, 0.1) is 20.2 Å². The van der Waals surface area contributed by atoms with E-state index in [1.165, 1.54) is 0 Å². The van der Waals surface area contributed by atoms with E-state index >= 15 is 0 Å². The Bertz CT molecular complexity index is 651. The summed E-state index contributed by atoms with van der Waals surface area (Å²) in [6, 6.07) is 1.13. The number of nitrogens with two attached hydrogens (primary N) is 1. The smallest absolute Gasteiger partial charge is 0.316 e. The van der Waals surface area contributed by atoms with E-state index in [1.807, 2.05) is 0 Å². The van der Waals surface area contributed by atoms with Gasteiger partial charge in [0, 0.05) is 6.07 Å². The number of hydrogen-bond donors (Lipinski definition) is 2. The van der Waals surface area contributed by atoms with Crippen molar-refractivity contribution >= 4 is 44.0 Å². The monoisotopic (exact) mass is 301 g/mol. The summed E-state index contributed by atoms with van der Waals surface area (Å²) in [7, 11) is 0. The first-order chi connectivity index (χ1) is 7.93. The summed E-state index contributed by atoms with van der Waals surface area (Å²) in [5.41, 5.74) is 4.61. The average molecular weight is 302 g/mol. The van der Waals surface area contributed by atoms with Gasteiger partial charge in [-0.15, -0.1) is 0 Å². The molecular formula is C7H4BrN5O4. The molecule has 0 spiro atoms. The number of halogens is 1. The molecule has 0 aliphatic carbocycles. The van der Waals surface area contributed by atoms with E-state index in [2.05, 4.69) is 26.1 Å². The van der Waals surface area contributed by atoms with Gasteiger partial charge in [0.1, 0.15) is 5.52 Å². The lowest BCUT2D eigenvalue weighted by atomic mass is 10.2. The summed E-state index contributed by atoms with van der Waals surface area (Å²) in [6.07, 6.45) is 0. The second-order valence-corrected chi connectivity index (χ2v) is 3.90. The number of nitrogens with zero attached hydrogens (tertiary/aromatic N) is 3. The van der Waals surface area contributed by atoms with E-state index in [-0.39, 0.29) is 21.2 Å². The van der Waals surface area contributed by atoms with Gasteiger partial charge in [-0.05, 0) is 15.9 Å². The van der Waals surface area contributed by atoms with Crippen LogP contribution in [0.15, 0.2) is 10.5 Å². The van der Waals surface area contributed by atoms with Gasteiger partial charge in [0.05, 0.1) is 15.2 Å². The van der Waals surface area contributed by atoms with Crippen molar-refractivity contribution in [2.45, 2.75) is 0 Å². The summed E-state index contributed by atoms with van der Waals surface area (Å²) in [4.78, 5) is 20.2. The Kier molecular flexibility index (Phi) is 2.42. The van der Waals surface area contributed by atoms with E-state index < -0.39 is 21.2 Å². The maximum atomic E-state index is 10.9. The van der Waals surface area contributed by atoms with E-state index in [0.29, 0.717) is 0 Å². The molecule has 88 valence electrons. The fourth-order valence-electron chi connectivity index (χ4n) is 1.43. The van der Waals surface area contributed by atoms with Gasteiger partial charge in [-0.25, -0.2) is 0 Å². The van der Waals surface area contributed by atoms with E-state index in [4.69, 9.17) is 5.73 Å². The first-order valence-corrected chi connectivity index (χ1v) is 4.97. The van der Waals surface area contributed by atoms with Gasteiger partial charge in [0.15, 0.2) is 10.3 Å². The molecule has 1 aromatic heterocycles. The third-order valence-corrected chi connectivity index (χ3v) is 2.95. The molecule has 0 unspecified atom stereocenters. The Morgan fingerprint density at radius 1 is 1.35 bits per heavy atom. The van der Waals surface area contributed by atoms with Crippen molar-refractivity contribution < 1.29 is 9.85 Å². The van der Waals surface area contributed by atoms with Crippen molar-refractivity contribution in [2.75, 3.05) is 5.73 Å². The minimum absolute atomic E-state index is 0.0290. The highest BCUT2D eigenvalue weighted by atomic mass is 79.9. The van der Waals surface area contributed by atoms with Crippen LogP contribution in [0.5, 0.6) is 0 Å². The van der Waals surface area contributed by atoms with Crippen LogP contribution in [0.3, 0.4) is 0 Å². The SMILES string of the molecule is Nc1n[nH]c2c([N+](=O)[O-])c(Br)c([N+](=O)[O-])cc12. The second kappa shape index (κ2) is 3.66. The largest absolute Gasteiger partial charge is 0.382 e. The molecule has 0 amide bonds. The summed E-state index contributed by atoms with van der Waals surface area (Å²) in [6.45, 7) is 0. The van der Waals surface area contributed by atoms with Crippen LogP contribution in [-0.4, -0.2) is 20.0 Å². The molecule has 0 aliphatic heterocycles. The number of benzene rings is 1. The number of nitro groups is 2. The highest BCUT2D eigenvalue weighted by molar-refractivity contribution is 9.10. The van der Waals surface area contributed by atoms with E-state index in [0.717, 1.165) is 6.07 Å². The number of hydrogen-bond acceptors (Lipinski definition) is 6. The number of nitrogens with one attached hydrogen (secondary N) is 1. The average Bonchev–Trinajstić information content (AvgIpc) is 2.58. The van der Waals surface area contributed by atoms with Crippen LogP contribution < -0.4 is 5.73 Å². The maximum absolute atomic E-state index is 10.9. The van der Waals surface area contributed by atoms with Crippen molar-refractivity contribution in [1.82, 2.24) is 10.2 Å². The summed E-state index contributed by atoms with van der Waals surface area (Å²) < 4.78 is -0.219. The van der Waals surface area contributed by atoms with Gasteiger partial charge >= 0.3 is 5.69 Å². The van der Waals surface area contributed by atoms with Gasteiger partial charge in [-0.1, -0.05) is 0 Å². The molecule has 17 heavy (non-hydrogen) atoms. The van der Waals surface area contributed by atoms with Crippen molar-refractivity contribution in [1.29, 1.82) is 0 Å². The number of rotatable bonds is 2. The highest BCUT2D eigenvalue weighted by Gasteiger charge is 2.29. The maximum Gasteiger partial charge on any atom is 0.316 e. The molecule has 1 heterocycles. The fourth-order valence-corrected chi connectivity index (χ4v) is 2.03. The predicted octanol–water partition coefficient (Wildman–Crippen LogP) is 1.72. The van der Waals surface area contributed by atoms with Gasteiger partial charge in [0.25, 0.3) is 5.69 Å². The van der Waals surface area contributed by atoms with Crippen molar-refractivity contribution in [3.05, 3.63) is 30.8 Å². The number of nitrogen functional groups attached to an aromatic ring is 1. The number of nitro benzene ring substituents is 2. The summed E-state index contributed by atoms with van der Waals surface area (Å²) in [5.74, 6) is -0.0290. The molecule has 9 nitrogen and oxygen atoms in total. The molecule has 0 fully saturated rings. The normalized spacial score (nSPS) is 10.6. The predicted molar refractivity (Wildman–Crippen MR) is 61.5 cm³/mol. The Balaban J connectivity index is 2.97. The lowest BCUT2D eigenvalue weighted by Gasteiger charge is -1.99. The molecular weight excluding hydrogens is 298 g/mol. The molecule has 0 bridgehead atoms. The van der Waals surface area contributed by atoms with Crippen molar-refractivity contribution in [3.8, 4) is 0 Å². The van der Waals surface area contributed by atoms with Crippen LogP contribution in [0.2, 0.25) is 0 Å². The summed E-state index contributed by atoms with van der Waals surface area (Å²) in [5, 5.41) is 27.7. The number of aromatic nitrogens is 2. The number of anilines is 1. The van der Waals surface area contributed by atoms with Crippen LogP contribution in [0.4, 0.5) is 17.2 Å². The van der Waals surface area contributed by atoms with Gasteiger partial charge in [-0.3, -0.25) is 25.3 Å². The van der Waals surface area contributed by atoms with Gasteiger partial charge < -0.3 is 5.73 Å². The van der Waals surface area contributed by atoms with E-state index in [1.54, 1.807) is 0 Å². The molecule has 2 aromatic rings. The topological polar surface area (TPSA) is 141 Å². The molecule has 0 saturated carbocycles. The lowest BCUT2D eigenvalue weighted by Crippen LogP contribution is -1.96. The first-order valence-electron chi connectivity index (χ1n) is 4.18. The van der Waals surface area contributed by atoms with Crippen LogP contribution in [0.25, 0.3) is 10.9 Å². The Morgan fingerprint density at radius 2 is 2.00 bits per heavy atom. The second-order valence-electron chi connectivity index (χ2n) is 3.10. The number of fused-ring (bicyclic) bond motifs is 1. The van der Waals surface area contributed by atoms with Gasteiger partial charge in [0.2, 0.25) is 0 Å². The van der Waals surface area contributed by atoms with Crippen LogP contribution in [0.1, 0.15) is 0 Å². The molecule has 0 radical (unpaired) electrons. The quantitative estimate of drug-likeness (QED) is 0.639. The Labute approximate surface area is 101 Å². The molecule has 1 aromatic carbocycles. The fraction of sp³-hybridized carbons (Fsp3) is 0. The highest BCUT2D eigenvalue weighted by Crippen LogP contribution is 2.40. The minimum Gasteiger partial charge on any atom is -0.382 e. The minimum atomic E-state index is -0.739. The summed E-state index contributed by atoms with van der Waals surface area (Å²) >= 11 is 2.84. The zero-order chi connectivity index (χ0) is 12.7. The molecule has 10 heteroatoms. The standard InChI is InChI=1S/C7H4BrN5O4/c8-4-3(12(14)15)1-2-5(6(4)13(16)17)10-11-7(2)9/h1H,(H3,9,10,11). The van der Waals surface area contributed by atoms with Crippen LogP contribution in [-0.2, 0) is 0 Å². The lowest BCUT2D eigenvalue weighted by molar-refractivity contribution is -0.394. The third kappa shape index (κ3) is 1.58. The molecule has 3 N–H and O–H groups in total. The number of aromatic amines is 1. The first kappa shape index (κ1) is 11.3. The zero-order valence-electron chi connectivity index (χ0n) is 8.01. The third-order valence-electron chi connectivity index (χ3n) is 2.16. The number of H-pyrrole nitrogens is 1. The Hall–Kier alpha value is -2.23. The van der Waals surface area contributed by atoms with Crippen molar-refractivity contribution in [2.24, 2.45) is 0 Å². The molecule has 2 rings (SSSR count). The molecule has 0 aliphatic rings. The molecule has 0 saturated heterocycles.